The van der Waals surface area contributed by atoms with E-state index < -0.39 is 11.9 Å². The van der Waals surface area contributed by atoms with Crippen LogP contribution in [0.2, 0.25) is 5.02 Å². The number of aromatic nitrogens is 4. The molecule has 36 heavy (non-hydrogen) atoms. The molecule has 1 aliphatic carbocycles. The molecule has 1 saturated heterocycles. The lowest BCUT2D eigenvalue weighted by Crippen LogP contribution is -2.48. The van der Waals surface area contributed by atoms with Crippen LogP contribution >= 0.6 is 11.6 Å². The van der Waals surface area contributed by atoms with Crippen LogP contribution in [-0.4, -0.2) is 38.9 Å². The normalized spacial score (nSPS) is 25.9. The summed E-state index contributed by atoms with van der Waals surface area (Å²) in [7, 11) is 0. The van der Waals surface area contributed by atoms with Crippen LogP contribution in [-0.2, 0) is 12.7 Å². The van der Waals surface area contributed by atoms with E-state index >= 15 is 0 Å². The quantitative estimate of drug-likeness (QED) is 0.461. The number of aryl methyl sites for hydroxylation is 1. The van der Waals surface area contributed by atoms with Crippen LogP contribution in [0.15, 0.2) is 42.6 Å². The van der Waals surface area contributed by atoms with Crippen LogP contribution < -0.4 is 10.2 Å². The van der Waals surface area contributed by atoms with Crippen molar-refractivity contribution in [2.75, 3.05) is 23.3 Å². The van der Waals surface area contributed by atoms with E-state index in [9.17, 15) is 13.2 Å². The van der Waals surface area contributed by atoms with Gasteiger partial charge in [0.05, 0.1) is 0 Å². The van der Waals surface area contributed by atoms with Gasteiger partial charge in [0.25, 0.3) is 0 Å². The van der Waals surface area contributed by atoms with Crippen LogP contribution in [0.4, 0.5) is 24.8 Å². The molecule has 3 unspecified atom stereocenters. The van der Waals surface area contributed by atoms with Crippen molar-refractivity contribution in [2.24, 2.45) is 11.8 Å². The Morgan fingerprint density at radius 1 is 0.972 bits per heavy atom. The number of pyridine rings is 1. The number of halogens is 4. The summed E-state index contributed by atoms with van der Waals surface area (Å²) in [5.74, 6) is 2.46. The molecule has 10 heteroatoms. The second-order valence-corrected chi connectivity index (χ2v) is 10.6. The molecule has 1 saturated carbocycles. The van der Waals surface area contributed by atoms with Gasteiger partial charge >= 0.3 is 6.18 Å². The fourth-order valence-corrected chi connectivity index (χ4v) is 6.30. The first-order chi connectivity index (χ1) is 17.3. The van der Waals surface area contributed by atoms with Crippen molar-refractivity contribution in [1.29, 1.82) is 0 Å². The Bertz CT molecular complexity index is 1210. The average Bonchev–Trinajstić information content (AvgIpc) is 3.26. The smallest absolute Gasteiger partial charge is 0.371 e. The summed E-state index contributed by atoms with van der Waals surface area (Å²) in [6, 6.07) is 11.0. The van der Waals surface area contributed by atoms with Gasteiger partial charge < -0.3 is 10.2 Å². The van der Waals surface area contributed by atoms with Gasteiger partial charge in [-0.25, -0.2) is 4.68 Å². The largest absolute Gasteiger partial charge is 0.433 e. The Labute approximate surface area is 212 Å². The standard InChI is InChI=1S/C26H28ClF3N6/c27-19-8-6-16(7-9-19)21-3-1-2-12-36-24(21)33-25(34-36)32-23-17-4-5-18(23)15-35(14-17)20-10-11-31-22(13-20)26(28,29)30/h6-11,13,17-18,21,23H,1-5,12,14-15H2,(H,32,34)/t17-,18?,21?,23?/m0/s1. The summed E-state index contributed by atoms with van der Waals surface area (Å²) in [5.41, 5.74) is 0.947. The molecule has 6 rings (SSSR count). The number of anilines is 2. The molecule has 2 aliphatic heterocycles. The summed E-state index contributed by atoms with van der Waals surface area (Å²) >= 11 is 6.11. The first kappa shape index (κ1) is 23.6. The Hall–Kier alpha value is -2.81. The molecular weight excluding hydrogens is 489 g/mol. The first-order valence-electron chi connectivity index (χ1n) is 12.6. The summed E-state index contributed by atoms with van der Waals surface area (Å²) in [4.78, 5) is 10.5. The van der Waals surface area contributed by atoms with Crippen LogP contribution in [0.1, 0.15) is 55.1 Å². The summed E-state index contributed by atoms with van der Waals surface area (Å²) in [6.45, 7) is 2.26. The highest BCUT2D eigenvalue weighted by atomic mass is 35.5. The highest BCUT2D eigenvalue weighted by Gasteiger charge is 2.43. The first-order valence-corrected chi connectivity index (χ1v) is 13.0. The molecule has 3 aromatic rings. The number of rotatable bonds is 4. The maximum atomic E-state index is 13.2. The van der Waals surface area contributed by atoms with Crippen molar-refractivity contribution in [3.05, 3.63) is 64.7 Å². The minimum Gasteiger partial charge on any atom is -0.371 e. The third-order valence-electron chi connectivity index (χ3n) is 7.93. The van der Waals surface area contributed by atoms with Gasteiger partial charge in [-0.05, 0) is 67.3 Å². The summed E-state index contributed by atoms with van der Waals surface area (Å²) < 4.78 is 41.5. The van der Waals surface area contributed by atoms with Crippen LogP contribution in [0, 0.1) is 11.8 Å². The van der Waals surface area contributed by atoms with Crippen LogP contribution in [0.3, 0.4) is 0 Å². The molecule has 190 valence electrons. The Kier molecular flexibility index (Phi) is 6.06. The van der Waals surface area contributed by atoms with E-state index in [1.54, 1.807) is 6.07 Å². The number of benzene rings is 1. The lowest BCUT2D eigenvalue weighted by molar-refractivity contribution is -0.141. The highest BCUT2D eigenvalue weighted by molar-refractivity contribution is 6.30. The van der Waals surface area contributed by atoms with E-state index in [1.165, 1.54) is 11.8 Å². The molecule has 0 radical (unpaired) electrons. The lowest BCUT2D eigenvalue weighted by atomic mass is 9.92. The van der Waals surface area contributed by atoms with Gasteiger partial charge in [0.1, 0.15) is 11.5 Å². The van der Waals surface area contributed by atoms with Crippen molar-refractivity contribution in [3.8, 4) is 0 Å². The Morgan fingerprint density at radius 3 is 2.44 bits per heavy atom. The number of alkyl halides is 3. The number of hydrogen-bond acceptors (Lipinski definition) is 5. The molecule has 4 heterocycles. The van der Waals surface area contributed by atoms with Gasteiger partial charge in [-0.2, -0.15) is 18.2 Å². The average molecular weight is 517 g/mol. The van der Waals surface area contributed by atoms with Gasteiger partial charge in [-0.1, -0.05) is 30.2 Å². The second-order valence-electron chi connectivity index (χ2n) is 10.2. The maximum Gasteiger partial charge on any atom is 0.433 e. The minimum atomic E-state index is -4.44. The van der Waals surface area contributed by atoms with Gasteiger partial charge in [0, 0.05) is 48.5 Å². The molecule has 1 aromatic carbocycles. The predicted molar refractivity (Wildman–Crippen MR) is 132 cm³/mol. The zero-order valence-corrected chi connectivity index (χ0v) is 20.5. The van der Waals surface area contributed by atoms with E-state index in [-0.39, 0.29) is 12.0 Å². The van der Waals surface area contributed by atoms with E-state index in [0.717, 1.165) is 55.6 Å². The summed E-state index contributed by atoms with van der Waals surface area (Å²) in [6.07, 6.45) is 2.10. The summed E-state index contributed by atoms with van der Waals surface area (Å²) in [5, 5.41) is 9.18. The lowest BCUT2D eigenvalue weighted by Gasteiger charge is -2.39. The van der Waals surface area contributed by atoms with Crippen molar-refractivity contribution in [3.63, 3.8) is 0 Å². The predicted octanol–water partition coefficient (Wildman–Crippen LogP) is 5.99. The van der Waals surface area contributed by atoms with E-state index in [1.807, 2.05) is 16.8 Å². The zero-order valence-electron chi connectivity index (χ0n) is 19.8. The monoisotopic (exact) mass is 516 g/mol. The molecule has 0 amide bonds. The fraction of sp³-hybridized carbons (Fsp3) is 0.500. The molecule has 2 bridgehead atoms. The topological polar surface area (TPSA) is 58.9 Å². The molecule has 2 aromatic heterocycles. The van der Waals surface area contributed by atoms with E-state index in [0.29, 0.717) is 36.6 Å². The number of fused-ring (bicyclic) bond motifs is 3. The Morgan fingerprint density at radius 2 is 1.72 bits per heavy atom. The third-order valence-corrected chi connectivity index (χ3v) is 8.18. The third kappa shape index (κ3) is 4.53. The van der Waals surface area contributed by atoms with Crippen LogP contribution in [0.5, 0.6) is 0 Å². The van der Waals surface area contributed by atoms with Crippen molar-refractivity contribution in [2.45, 2.75) is 56.8 Å². The van der Waals surface area contributed by atoms with E-state index in [4.69, 9.17) is 21.7 Å². The molecule has 4 atom stereocenters. The van der Waals surface area contributed by atoms with E-state index in [2.05, 4.69) is 27.3 Å². The molecule has 3 aliphatic rings. The van der Waals surface area contributed by atoms with Crippen molar-refractivity contribution in [1.82, 2.24) is 19.7 Å². The van der Waals surface area contributed by atoms with Crippen molar-refractivity contribution >= 4 is 23.2 Å². The highest BCUT2D eigenvalue weighted by Crippen LogP contribution is 2.41. The van der Waals surface area contributed by atoms with Crippen LogP contribution in [0.25, 0.3) is 0 Å². The fourth-order valence-electron chi connectivity index (χ4n) is 6.18. The zero-order chi connectivity index (χ0) is 24.9. The van der Waals surface area contributed by atoms with Crippen molar-refractivity contribution < 1.29 is 13.2 Å². The number of piperidine rings is 1. The van der Waals surface area contributed by atoms with Gasteiger partial charge in [0.2, 0.25) is 5.95 Å². The molecular formula is C26H28ClF3N6. The number of nitrogens with zero attached hydrogens (tertiary/aromatic N) is 5. The SMILES string of the molecule is FC(F)(F)c1cc(N2CC3CC[C@@H](C2)C3Nc2nc3n(n2)CCCCC3c2ccc(Cl)cc2)ccn1. The van der Waals surface area contributed by atoms with Gasteiger partial charge in [-0.15, -0.1) is 5.10 Å². The van der Waals surface area contributed by atoms with Gasteiger partial charge in [-0.3, -0.25) is 4.98 Å². The molecule has 1 N–H and O–H groups in total. The number of hydrogen-bond donors (Lipinski definition) is 1. The maximum absolute atomic E-state index is 13.2. The second kappa shape index (κ2) is 9.25. The minimum absolute atomic E-state index is 0.181. The van der Waals surface area contributed by atoms with Gasteiger partial charge in [0.15, 0.2) is 0 Å². The Balaban J connectivity index is 1.19. The number of nitrogens with one attached hydrogen (secondary N) is 1. The molecule has 2 fully saturated rings. The molecule has 6 nitrogen and oxygen atoms in total. The molecule has 0 spiro atoms.